The van der Waals surface area contributed by atoms with Crippen LogP contribution in [0, 0.1) is 0 Å². The first-order valence-corrected chi connectivity index (χ1v) is 4.70. The van der Waals surface area contributed by atoms with Crippen LogP contribution in [0.5, 0.6) is 0 Å². The van der Waals surface area contributed by atoms with Gasteiger partial charge >= 0.3 is 0 Å². The van der Waals surface area contributed by atoms with E-state index in [0.717, 1.165) is 17.9 Å². The van der Waals surface area contributed by atoms with Gasteiger partial charge in [-0.1, -0.05) is 6.42 Å². The molecule has 0 aliphatic carbocycles. The maximum atomic E-state index is 5.19. The normalized spacial score (nSPS) is 10.3. The Kier molecular flexibility index (Phi) is 4.21. The fraction of sp³-hybridized carbons (Fsp3) is 0.556. The van der Waals surface area contributed by atoms with E-state index >= 15 is 0 Å². The molecular formula is C9H14OS. The van der Waals surface area contributed by atoms with Crippen LogP contribution in [-0.2, 0) is 6.42 Å². The highest BCUT2D eigenvalue weighted by atomic mass is 32.1. The Balaban J connectivity index is 2.04. The van der Waals surface area contributed by atoms with Crippen LogP contribution in [0.3, 0.4) is 0 Å². The smallest absolute Gasteiger partial charge is 0.103 e. The summed E-state index contributed by atoms with van der Waals surface area (Å²) in [5, 5.41) is 0. The molecule has 0 saturated carbocycles. The molecule has 62 valence electrons. The molecule has 1 aromatic rings. The van der Waals surface area contributed by atoms with Gasteiger partial charge in [-0.2, -0.15) is 12.6 Å². The average molecular weight is 170 g/mol. The van der Waals surface area contributed by atoms with Crippen LogP contribution in [0.4, 0.5) is 0 Å². The minimum Gasteiger partial charge on any atom is -0.469 e. The van der Waals surface area contributed by atoms with Gasteiger partial charge in [0, 0.05) is 6.42 Å². The van der Waals surface area contributed by atoms with E-state index in [4.69, 9.17) is 4.42 Å². The van der Waals surface area contributed by atoms with Gasteiger partial charge in [0.05, 0.1) is 6.26 Å². The zero-order valence-electron chi connectivity index (χ0n) is 6.62. The highest BCUT2D eigenvalue weighted by Crippen LogP contribution is 2.06. The highest BCUT2D eigenvalue weighted by Gasteiger charge is 1.93. The minimum absolute atomic E-state index is 0.998. The lowest BCUT2D eigenvalue weighted by atomic mass is 10.2. The Labute approximate surface area is 73.2 Å². The van der Waals surface area contributed by atoms with E-state index in [0.29, 0.717) is 0 Å². The number of unbranched alkanes of at least 4 members (excludes halogenated alkanes) is 2. The molecule has 0 atom stereocenters. The third-order valence-electron chi connectivity index (χ3n) is 1.66. The lowest BCUT2D eigenvalue weighted by Gasteiger charge is -1.95. The van der Waals surface area contributed by atoms with Crippen molar-refractivity contribution >= 4 is 12.6 Å². The van der Waals surface area contributed by atoms with Gasteiger partial charge < -0.3 is 4.42 Å². The second kappa shape index (κ2) is 5.30. The number of hydrogen-bond acceptors (Lipinski definition) is 2. The highest BCUT2D eigenvalue weighted by molar-refractivity contribution is 7.80. The molecule has 0 fully saturated rings. The lowest BCUT2D eigenvalue weighted by Crippen LogP contribution is -1.83. The van der Waals surface area contributed by atoms with Crippen LogP contribution >= 0.6 is 12.6 Å². The molecule has 0 unspecified atom stereocenters. The molecule has 0 aromatic carbocycles. The summed E-state index contributed by atoms with van der Waals surface area (Å²) < 4.78 is 5.19. The van der Waals surface area contributed by atoms with E-state index in [1.807, 2.05) is 12.1 Å². The number of thiol groups is 1. The maximum Gasteiger partial charge on any atom is 0.103 e. The Morgan fingerprint density at radius 2 is 2.18 bits per heavy atom. The predicted molar refractivity (Wildman–Crippen MR) is 50.1 cm³/mol. The quantitative estimate of drug-likeness (QED) is 0.529. The molecule has 1 nitrogen and oxygen atoms in total. The number of aryl methyl sites for hydroxylation is 1. The second-order valence-corrected chi connectivity index (χ2v) is 3.06. The van der Waals surface area contributed by atoms with Crippen molar-refractivity contribution in [2.24, 2.45) is 0 Å². The van der Waals surface area contributed by atoms with E-state index < -0.39 is 0 Å². The molecule has 0 radical (unpaired) electrons. The summed E-state index contributed by atoms with van der Waals surface area (Å²) in [7, 11) is 0. The monoisotopic (exact) mass is 170 g/mol. The van der Waals surface area contributed by atoms with Crippen LogP contribution in [0.15, 0.2) is 22.8 Å². The van der Waals surface area contributed by atoms with E-state index in [-0.39, 0.29) is 0 Å². The van der Waals surface area contributed by atoms with Crippen molar-refractivity contribution in [1.29, 1.82) is 0 Å². The third kappa shape index (κ3) is 3.51. The predicted octanol–water partition coefficient (Wildman–Crippen LogP) is 2.92. The van der Waals surface area contributed by atoms with Gasteiger partial charge in [-0.15, -0.1) is 0 Å². The van der Waals surface area contributed by atoms with E-state index in [1.165, 1.54) is 19.3 Å². The van der Waals surface area contributed by atoms with E-state index in [1.54, 1.807) is 6.26 Å². The molecule has 2 heteroatoms. The number of furan rings is 1. The van der Waals surface area contributed by atoms with Crippen molar-refractivity contribution in [3.8, 4) is 0 Å². The van der Waals surface area contributed by atoms with E-state index in [2.05, 4.69) is 12.6 Å². The maximum absolute atomic E-state index is 5.19. The van der Waals surface area contributed by atoms with Crippen molar-refractivity contribution in [1.82, 2.24) is 0 Å². The van der Waals surface area contributed by atoms with Crippen molar-refractivity contribution in [3.63, 3.8) is 0 Å². The molecule has 0 N–H and O–H groups in total. The first-order valence-electron chi connectivity index (χ1n) is 4.06. The summed E-state index contributed by atoms with van der Waals surface area (Å²) in [6, 6.07) is 3.97. The summed E-state index contributed by atoms with van der Waals surface area (Å²) in [6.45, 7) is 0. The first-order chi connectivity index (χ1) is 5.43. The topological polar surface area (TPSA) is 13.1 Å². The summed E-state index contributed by atoms with van der Waals surface area (Å²) in [6.07, 6.45) is 6.48. The summed E-state index contributed by atoms with van der Waals surface area (Å²) in [5.74, 6) is 2.10. The van der Waals surface area contributed by atoms with Crippen molar-refractivity contribution in [2.75, 3.05) is 5.75 Å². The molecule has 11 heavy (non-hydrogen) atoms. The molecule has 1 aromatic heterocycles. The molecular weight excluding hydrogens is 156 g/mol. The molecule has 0 saturated heterocycles. The van der Waals surface area contributed by atoms with Crippen molar-refractivity contribution in [2.45, 2.75) is 25.7 Å². The van der Waals surface area contributed by atoms with Gasteiger partial charge in [0.15, 0.2) is 0 Å². The van der Waals surface area contributed by atoms with Gasteiger partial charge in [-0.25, -0.2) is 0 Å². The van der Waals surface area contributed by atoms with Crippen LogP contribution < -0.4 is 0 Å². The first kappa shape index (κ1) is 8.72. The SMILES string of the molecule is SCCCCCc1ccco1. The van der Waals surface area contributed by atoms with Crippen LogP contribution in [0.2, 0.25) is 0 Å². The zero-order chi connectivity index (χ0) is 7.94. The van der Waals surface area contributed by atoms with Gasteiger partial charge in [0.1, 0.15) is 5.76 Å². The Bertz CT molecular complexity index is 170. The summed E-state index contributed by atoms with van der Waals surface area (Å²) >= 11 is 4.15. The van der Waals surface area contributed by atoms with Crippen molar-refractivity contribution in [3.05, 3.63) is 24.2 Å². The molecule has 0 amide bonds. The fourth-order valence-electron chi connectivity index (χ4n) is 1.04. The van der Waals surface area contributed by atoms with Gasteiger partial charge in [-0.05, 0) is 30.7 Å². The van der Waals surface area contributed by atoms with E-state index in [9.17, 15) is 0 Å². The third-order valence-corrected chi connectivity index (χ3v) is 1.98. The van der Waals surface area contributed by atoms with Crippen LogP contribution in [0.1, 0.15) is 25.0 Å². The lowest BCUT2D eigenvalue weighted by molar-refractivity contribution is 0.497. The molecule has 0 aliphatic rings. The molecule has 1 rings (SSSR count). The fourth-order valence-corrected chi connectivity index (χ4v) is 1.27. The number of rotatable bonds is 5. The summed E-state index contributed by atoms with van der Waals surface area (Å²) in [5.41, 5.74) is 0. The van der Waals surface area contributed by atoms with Gasteiger partial charge in [-0.3, -0.25) is 0 Å². The molecule has 0 bridgehead atoms. The summed E-state index contributed by atoms with van der Waals surface area (Å²) in [4.78, 5) is 0. The largest absolute Gasteiger partial charge is 0.469 e. The molecule has 1 heterocycles. The number of hydrogen-bond donors (Lipinski definition) is 1. The Hall–Kier alpha value is -0.370. The minimum atomic E-state index is 0.998. The van der Waals surface area contributed by atoms with Gasteiger partial charge in [0.25, 0.3) is 0 Å². The standard InChI is InChI=1S/C9H14OS/c11-8-3-1-2-5-9-6-4-7-10-9/h4,6-7,11H,1-3,5,8H2. The van der Waals surface area contributed by atoms with Gasteiger partial charge in [0.2, 0.25) is 0 Å². The Morgan fingerprint density at radius 1 is 1.27 bits per heavy atom. The average Bonchev–Trinajstić information content (AvgIpc) is 2.50. The zero-order valence-corrected chi connectivity index (χ0v) is 7.52. The molecule has 0 aliphatic heterocycles. The van der Waals surface area contributed by atoms with Crippen LogP contribution in [0.25, 0.3) is 0 Å². The second-order valence-electron chi connectivity index (χ2n) is 2.61. The Morgan fingerprint density at radius 3 is 2.82 bits per heavy atom. The van der Waals surface area contributed by atoms with Crippen LogP contribution in [-0.4, -0.2) is 5.75 Å². The molecule has 0 spiro atoms. The van der Waals surface area contributed by atoms with Crippen molar-refractivity contribution < 1.29 is 4.42 Å².